The molecule has 23 heavy (non-hydrogen) atoms. The highest BCUT2D eigenvalue weighted by Crippen LogP contribution is 2.33. The fourth-order valence-corrected chi connectivity index (χ4v) is 1.78. The molecule has 0 amide bonds. The Balaban J connectivity index is 2.23. The molecule has 0 aliphatic carbocycles. The third-order valence-corrected chi connectivity index (χ3v) is 2.79. The van der Waals surface area contributed by atoms with Gasteiger partial charge in [-0.25, -0.2) is 0 Å². The van der Waals surface area contributed by atoms with Crippen LogP contribution < -0.4 is 10.2 Å². The average molecular weight is 328 g/mol. The third kappa shape index (κ3) is 4.10. The molecule has 1 N–H and O–H groups in total. The summed E-state index contributed by atoms with van der Waals surface area (Å²) in [4.78, 5) is 14.9. The number of rotatable bonds is 5. The van der Waals surface area contributed by atoms with Crippen LogP contribution in [-0.4, -0.2) is 12.0 Å². The normalized spacial score (nSPS) is 11.1. The van der Waals surface area contributed by atoms with Gasteiger partial charge in [-0.3, -0.25) is 20.4 Å². The molecule has 0 aromatic heterocycles. The number of anilines is 1. The van der Waals surface area contributed by atoms with Crippen molar-refractivity contribution >= 4 is 11.4 Å². The maximum atomic E-state index is 12.5. The summed E-state index contributed by atoms with van der Waals surface area (Å²) in [6, 6.07) is 7.92. The number of hydrogen-bond donors (Lipinski definition) is 1. The lowest BCUT2D eigenvalue weighted by Gasteiger charge is -2.10. The minimum absolute atomic E-state index is 0.0573. The largest absolute Gasteiger partial charge is 0.457 e. The van der Waals surface area contributed by atoms with E-state index in [1.54, 1.807) is 0 Å². The maximum absolute atomic E-state index is 12.5. The summed E-state index contributed by atoms with van der Waals surface area (Å²) < 4.78 is 42.8. The van der Waals surface area contributed by atoms with Crippen molar-refractivity contribution in [2.45, 2.75) is 6.18 Å². The van der Waals surface area contributed by atoms with E-state index in [1.165, 1.54) is 25.3 Å². The van der Waals surface area contributed by atoms with Gasteiger partial charge in [-0.05, 0) is 30.3 Å². The van der Waals surface area contributed by atoms with Crippen LogP contribution in [0.25, 0.3) is 0 Å². The predicted molar refractivity (Wildman–Crippen MR) is 75.2 cm³/mol. The van der Waals surface area contributed by atoms with Crippen molar-refractivity contribution in [2.75, 3.05) is 12.6 Å². The Morgan fingerprint density at radius 2 is 1.70 bits per heavy atom. The van der Waals surface area contributed by atoms with E-state index in [4.69, 9.17) is 4.74 Å². The summed E-state index contributed by atoms with van der Waals surface area (Å²) >= 11 is 0. The Bertz CT molecular complexity index is 702. The smallest absolute Gasteiger partial charge is 0.416 e. The molecule has 2 aromatic carbocycles. The molecule has 0 bridgehead atoms. The van der Waals surface area contributed by atoms with Gasteiger partial charge in [0.15, 0.2) is 0 Å². The van der Waals surface area contributed by atoms with E-state index < -0.39 is 16.7 Å². The second-order valence-electron chi connectivity index (χ2n) is 4.37. The minimum atomic E-state index is -4.43. The molecule has 0 spiro atoms. The highest BCUT2D eigenvalue weighted by atomic mass is 19.4. The lowest BCUT2D eigenvalue weighted by molar-refractivity contribution is -0.384. The summed E-state index contributed by atoms with van der Waals surface area (Å²) in [5.74, 6) is 0.366. The SMILES string of the molecule is CONc1cc(Oc2ccc(C(F)(F)F)cc2)ccc1[N+](=O)[O-]. The van der Waals surface area contributed by atoms with Gasteiger partial charge in [0, 0.05) is 12.1 Å². The van der Waals surface area contributed by atoms with Gasteiger partial charge in [-0.2, -0.15) is 13.2 Å². The zero-order valence-corrected chi connectivity index (χ0v) is 11.8. The monoisotopic (exact) mass is 328 g/mol. The van der Waals surface area contributed by atoms with Crippen molar-refractivity contribution < 1.29 is 27.7 Å². The highest BCUT2D eigenvalue weighted by Gasteiger charge is 2.30. The third-order valence-electron chi connectivity index (χ3n) is 2.79. The Labute approximate surface area is 128 Å². The number of alkyl halides is 3. The predicted octanol–water partition coefficient (Wildman–Crippen LogP) is 4.38. The van der Waals surface area contributed by atoms with E-state index in [0.29, 0.717) is 0 Å². The fourth-order valence-electron chi connectivity index (χ4n) is 1.78. The van der Waals surface area contributed by atoms with Crippen LogP contribution in [0.3, 0.4) is 0 Å². The molecule has 9 heteroatoms. The van der Waals surface area contributed by atoms with Crippen LogP contribution in [-0.2, 0) is 11.0 Å². The van der Waals surface area contributed by atoms with Crippen LogP contribution >= 0.6 is 0 Å². The quantitative estimate of drug-likeness (QED) is 0.651. The number of nitrogens with one attached hydrogen (secondary N) is 1. The van der Waals surface area contributed by atoms with E-state index in [1.807, 2.05) is 0 Å². The summed E-state index contributed by atoms with van der Waals surface area (Å²) in [5, 5.41) is 10.9. The molecule has 0 heterocycles. The molecule has 0 atom stereocenters. The van der Waals surface area contributed by atoms with Crippen LogP contribution in [0.15, 0.2) is 42.5 Å². The molecule has 0 fully saturated rings. The van der Waals surface area contributed by atoms with E-state index in [-0.39, 0.29) is 22.9 Å². The first-order chi connectivity index (χ1) is 10.8. The number of nitrogens with zero attached hydrogens (tertiary/aromatic N) is 1. The van der Waals surface area contributed by atoms with Crippen molar-refractivity contribution in [1.82, 2.24) is 0 Å². The molecule has 0 unspecified atom stereocenters. The first kappa shape index (κ1) is 16.6. The topological polar surface area (TPSA) is 73.6 Å². The van der Waals surface area contributed by atoms with Gasteiger partial charge in [0.1, 0.15) is 17.2 Å². The molecular formula is C14H11F3N2O4. The summed E-state index contributed by atoms with van der Waals surface area (Å²) in [6.45, 7) is 0. The van der Waals surface area contributed by atoms with Crippen molar-refractivity contribution in [3.05, 3.63) is 58.1 Å². The lowest BCUT2D eigenvalue weighted by Crippen LogP contribution is -2.04. The summed E-state index contributed by atoms with van der Waals surface area (Å²) in [6.07, 6.45) is -4.43. The van der Waals surface area contributed by atoms with Gasteiger partial charge in [-0.1, -0.05) is 0 Å². The first-order valence-electron chi connectivity index (χ1n) is 6.24. The van der Waals surface area contributed by atoms with Gasteiger partial charge in [-0.15, -0.1) is 0 Å². The summed E-state index contributed by atoms with van der Waals surface area (Å²) in [5.41, 5.74) is 1.37. The highest BCUT2D eigenvalue weighted by molar-refractivity contribution is 5.63. The number of halogens is 3. The molecule has 0 saturated carbocycles. The lowest BCUT2D eigenvalue weighted by atomic mass is 10.2. The van der Waals surface area contributed by atoms with E-state index in [0.717, 1.165) is 24.3 Å². The molecule has 0 saturated heterocycles. The van der Waals surface area contributed by atoms with Crippen molar-refractivity contribution in [3.8, 4) is 11.5 Å². The van der Waals surface area contributed by atoms with Gasteiger partial charge in [0.25, 0.3) is 5.69 Å². The molecule has 0 aliphatic heterocycles. The Morgan fingerprint density at radius 1 is 1.09 bits per heavy atom. The average Bonchev–Trinajstić information content (AvgIpc) is 2.47. The van der Waals surface area contributed by atoms with Crippen molar-refractivity contribution in [1.29, 1.82) is 0 Å². The number of nitro groups is 1. The van der Waals surface area contributed by atoms with E-state index in [9.17, 15) is 23.3 Å². The molecule has 0 aliphatic rings. The Kier molecular flexibility index (Phi) is 4.70. The van der Waals surface area contributed by atoms with Crippen LogP contribution in [0, 0.1) is 10.1 Å². The number of benzene rings is 2. The van der Waals surface area contributed by atoms with Crippen LogP contribution in [0.4, 0.5) is 24.5 Å². The number of ether oxygens (including phenoxy) is 1. The molecule has 6 nitrogen and oxygen atoms in total. The second kappa shape index (κ2) is 6.53. The van der Waals surface area contributed by atoms with Gasteiger partial charge < -0.3 is 4.74 Å². The molecule has 0 radical (unpaired) electrons. The second-order valence-corrected chi connectivity index (χ2v) is 4.37. The standard InChI is InChI=1S/C14H11F3N2O4/c1-22-18-12-8-11(6-7-13(12)19(20)21)23-10-4-2-9(3-5-10)14(15,16)17/h2-8,18H,1H3. The number of nitro benzene ring substituents is 1. The van der Waals surface area contributed by atoms with E-state index >= 15 is 0 Å². The van der Waals surface area contributed by atoms with Crippen LogP contribution in [0.5, 0.6) is 11.5 Å². The van der Waals surface area contributed by atoms with Crippen LogP contribution in [0.1, 0.15) is 5.56 Å². The molecule has 122 valence electrons. The van der Waals surface area contributed by atoms with Gasteiger partial charge in [0.05, 0.1) is 17.6 Å². The van der Waals surface area contributed by atoms with Crippen LogP contribution in [0.2, 0.25) is 0 Å². The first-order valence-corrected chi connectivity index (χ1v) is 6.24. The van der Waals surface area contributed by atoms with Gasteiger partial charge >= 0.3 is 6.18 Å². The zero-order chi connectivity index (χ0) is 17.0. The zero-order valence-electron chi connectivity index (χ0n) is 11.8. The number of hydrogen-bond acceptors (Lipinski definition) is 5. The van der Waals surface area contributed by atoms with Gasteiger partial charge in [0.2, 0.25) is 0 Å². The van der Waals surface area contributed by atoms with Crippen molar-refractivity contribution in [2.24, 2.45) is 0 Å². The molecule has 2 rings (SSSR count). The fraction of sp³-hybridized carbons (Fsp3) is 0.143. The maximum Gasteiger partial charge on any atom is 0.416 e. The van der Waals surface area contributed by atoms with E-state index in [2.05, 4.69) is 10.3 Å². The Morgan fingerprint density at radius 3 is 2.22 bits per heavy atom. The van der Waals surface area contributed by atoms with Crippen molar-refractivity contribution in [3.63, 3.8) is 0 Å². The summed E-state index contributed by atoms with van der Waals surface area (Å²) in [7, 11) is 1.28. The molecule has 2 aromatic rings. The minimum Gasteiger partial charge on any atom is -0.457 e. The Hall–Kier alpha value is -2.81. The molecular weight excluding hydrogens is 317 g/mol.